The van der Waals surface area contributed by atoms with Crippen molar-refractivity contribution < 1.29 is 29.2 Å². The Kier molecular flexibility index (Phi) is 6.17. The van der Waals surface area contributed by atoms with Crippen LogP contribution in [-0.4, -0.2) is 66.8 Å². The number of carbonyl (C=O) groups excluding carboxylic acids is 1. The number of ketones is 1. The first-order valence-electron chi connectivity index (χ1n) is 13.3. The summed E-state index contributed by atoms with van der Waals surface area (Å²) in [6, 6.07) is 18.8. The van der Waals surface area contributed by atoms with Crippen LogP contribution in [0.5, 0.6) is 17.5 Å². The highest BCUT2D eigenvalue weighted by Crippen LogP contribution is 2.69. The van der Waals surface area contributed by atoms with Crippen molar-refractivity contribution >= 4 is 5.78 Å². The molecule has 6 rings (SSSR count). The van der Waals surface area contributed by atoms with Gasteiger partial charge >= 0.3 is 0 Å². The molecule has 0 spiro atoms. The second kappa shape index (κ2) is 9.33. The molecule has 0 saturated heterocycles. The van der Waals surface area contributed by atoms with E-state index in [-0.39, 0.29) is 23.5 Å². The molecule has 0 bridgehead atoms. The SMILES string of the molecule is COc1cc2c(c(OC)n1)[C@]1(O)[C@H](O)[C@H](CN(C)C)[C@@H](c3ccccc3)[C@]1(c1ccc(C(=O)C3CC3)cc1)O2. The van der Waals surface area contributed by atoms with Crippen LogP contribution in [-0.2, 0) is 11.2 Å². The minimum Gasteiger partial charge on any atom is -0.481 e. The summed E-state index contributed by atoms with van der Waals surface area (Å²) in [5.74, 6) is 0.0838. The van der Waals surface area contributed by atoms with Gasteiger partial charge in [0.25, 0.3) is 0 Å². The van der Waals surface area contributed by atoms with Gasteiger partial charge in [-0.05, 0) is 38.1 Å². The lowest BCUT2D eigenvalue weighted by Crippen LogP contribution is -2.52. The third kappa shape index (κ3) is 3.69. The molecule has 1 aromatic heterocycles. The van der Waals surface area contributed by atoms with Gasteiger partial charge in [0.05, 0.1) is 25.9 Å². The minimum atomic E-state index is -1.92. The maximum atomic E-state index is 12.9. The van der Waals surface area contributed by atoms with E-state index in [0.717, 1.165) is 18.4 Å². The topological polar surface area (TPSA) is 101 Å². The number of methoxy groups -OCH3 is 2. The highest BCUT2D eigenvalue weighted by atomic mass is 16.5. The molecule has 39 heavy (non-hydrogen) atoms. The van der Waals surface area contributed by atoms with Crippen LogP contribution < -0.4 is 14.2 Å². The second-order valence-corrected chi connectivity index (χ2v) is 11.1. The van der Waals surface area contributed by atoms with Crippen molar-refractivity contribution in [2.24, 2.45) is 11.8 Å². The maximum absolute atomic E-state index is 12.9. The Morgan fingerprint density at radius 1 is 1.08 bits per heavy atom. The number of rotatable bonds is 8. The summed E-state index contributed by atoms with van der Waals surface area (Å²) in [6.07, 6.45) is 0.612. The van der Waals surface area contributed by atoms with Gasteiger partial charge in [0.1, 0.15) is 5.75 Å². The second-order valence-electron chi connectivity index (χ2n) is 11.1. The van der Waals surface area contributed by atoms with Crippen molar-refractivity contribution in [3.05, 3.63) is 82.9 Å². The number of aromatic nitrogens is 1. The zero-order chi connectivity index (χ0) is 27.5. The predicted octanol–water partition coefficient (Wildman–Crippen LogP) is 3.50. The Hall–Kier alpha value is -3.46. The van der Waals surface area contributed by atoms with Crippen LogP contribution in [0.2, 0.25) is 0 Å². The molecule has 0 unspecified atom stereocenters. The van der Waals surface area contributed by atoms with Crippen molar-refractivity contribution in [1.82, 2.24) is 9.88 Å². The molecule has 8 heteroatoms. The molecule has 1 aliphatic heterocycles. The first-order valence-corrected chi connectivity index (χ1v) is 13.3. The lowest BCUT2D eigenvalue weighted by Gasteiger charge is -2.41. The number of fused-ring (bicyclic) bond motifs is 3. The molecule has 2 aliphatic carbocycles. The summed E-state index contributed by atoms with van der Waals surface area (Å²) in [5.41, 5.74) is -0.862. The Balaban J connectivity index is 1.62. The number of hydrogen-bond acceptors (Lipinski definition) is 8. The molecule has 5 atom stereocenters. The fourth-order valence-corrected chi connectivity index (χ4v) is 6.75. The molecular weight excluding hydrogens is 496 g/mol. The van der Waals surface area contributed by atoms with Gasteiger partial charge in [-0.1, -0.05) is 54.6 Å². The summed E-state index contributed by atoms with van der Waals surface area (Å²) >= 11 is 0. The van der Waals surface area contributed by atoms with Crippen LogP contribution >= 0.6 is 0 Å². The number of aliphatic hydroxyl groups is 2. The Morgan fingerprint density at radius 2 is 1.77 bits per heavy atom. The largest absolute Gasteiger partial charge is 0.481 e. The molecule has 2 fully saturated rings. The molecule has 3 aromatic rings. The quantitative estimate of drug-likeness (QED) is 0.427. The average Bonchev–Trinajstić information content (AvgIpc) is 3.74. The summed E-state index contributed by atoms with van der Waals surface area (Å²) in [5, 5.41) is 25.0. The maximum Gasteiger partial charge on any atom is 0.226 e. The zero-order valence-corrected chi connectivity index (χ0v) is 22.6. The number of Topliss-reactive ketones (excluding diaryl/α,β-unsaturated/α-hetero) is 1. The van der Waals surface area contributed by atoms with Gasteiger partial charge in [-0.15, -0.1) is 0 Å². The molecule has 204 valence electrons. The number of ether oxygens (including phenoxy) is 3. The van der Waals surface area contributed by atoms with Crippen molar-refractivity contribution in [3.63, 3.8) is 0 Å². The van der Waals surface area contributed by atoms with Crippen LogP contribution in [0.25, 0.3) is 0 Å². The van der Waals surface area contributed by atoms with Gasteiger partial charge in [-0.2, -0.15) is 4.98 Å². The fourth-order valence-electron chi connectivity index (χ4n) is 6.75. The number of hydrogen-bond donors (Lipinski definition) is 2. The summed E-state index contributed by atoms with van der Waals surface area (Å²) in [6.45, 7) is 0.494. The number of carbonyl (C=O) groups is 1. The van der Waals surface area contributed by atoms with Crippen LogP contribution in [0.1, 0.15) is 45.8 Å². The summed E-state index contributed by atoms with van der Waals surface area (Å²) in [7, 11) is 6.86. The summed E-state index contributed by atoms with van der Waals surface area (Å²) < 4.78 is 17.9. The van der Waals surface area contributed by atoms with E-state index < -0.39 is 29.1 Å². The third-order valence-electron chi connectivity index (χ3n) is 8.53. The normalized spacial score (nSPS) is 29.1. The van der Waals surface area contributed by atoms with E-state index in [4.69, 9.17) is 14.2 Å². The Bertz CT molecular complexity index is 1390. The smallest absolute Gasteiger partial charge is 0.226 e. The van der Waals surface area contributed by atoms with Crippen LogP contribution in [0.3, 0.4) is 0 Å². The van der Waals surface area contributed by atoms with Gasteiger partial charge in [0.2, 0.25) is 11.8 Å². The van der Waals surface area contributed by atoms with E-state index in [2.05, 4.69) is 4.98 Å². The minimum absolute atomic E-state index is 0.0931. The molecule has 0 amide bonds. The highest BCUT2D eigenvalue weighted by Gasteiger charge is 2.77. The van der Waals surface area contributed by atoms with E-state index in [0.29, 0.717) is 29.0 Å². The number of pyridine rings is 1. The van der Waals surface area contributed by atoms with E-state index >= 15 is 0 Å². The Morgan fingerprint density at radius 3 is 2.36 bits per heavy atom. The first kappa shape index (κ1) is 25.8. The third-order valence-corrected chi connectivity index (χ3v) is 8.53. The van der Waals surface area contributed by atoms with Gasteiger partial charge in [0.15, 0.2) is 17.0 Å². The molecule has 8 nitrogen and oxygen atoms in total. The lowest BCUT2D eigenvalue weighted by molar-refractivity contribution is -0.152. The first-order chi connectivity index (χ1) is 18.8. The monoisotopic (exact) mass is 530 g/mol. The molecule has 3 aliphatic rings. The van der Waals surface area contributed by atoms with Gasteiger partial charge in [-0.3, -0.25) is 4.79 Å². The molecule has 2 saturated carbocycles. The molecular formula is C31H34N2O6. The predicted molar refractivity (Wildman–Crippen MR) is 144 cm³/mol. The number of aliphatic hydroxyl groups excluding tert-OH is 1. The van der Waals surface area contributed by atoms with Crippen molar-refractivity contribution in [1.29, 1.82) is 0 Å². The Labute approximate surface area is 228 Å². The highest BCUT2D eigenvalue weighted by molar-refractivity contribution is 5.99. The summed E-state index contributed by atoms with van der Waals surface area (Å²) in [4.78, 5) is 19.3. The van der Waals surface area contributed by atoms with Crippen LogP contribution in [0.4, 0.5) is 0 Å². The average molecular weight is 531 g/mol. The standard InChI is InChI=1S/C31H34N2O6/c1-33(2)17-22-25(18-8-6-5-7-9-18)31(21-14-12-20(13-15-21)27(34)19-10-11-19)30(36,28(22)35)26-23(39-31)16-24(37-3)32-29(26)38-4/h5-9,12-16,19,22,25,28,35-36H,10-11,17H2,1-4H3/t22-,25-,28-,30+,31+/m1/s1. The van der Waals surface area contributed by atoms with Crippen molar-refractivity contribution in [2.45, 2.75) is 36.1 Å². The van der Waals surface area contributed by atoms with Crippen molar-refractivity contribution in [3.8, 4) is 17.5 Å². The molecule has 2 N–H and O–H groups in total. The molecule has 2 heterocycles. The molecule has 0 radical (unpaired) electrons. The van der Waals surface area contributed by atoms with Crippen LogP contribution in [0, 0.1) is 11.8 Å². The van der Waals surface area contributed by atoms with Crippen LogP contribution in [0.15, 0.2) is 60.7 Å². The number of nitrogens with zero attached hydrogens (tertiary/aromatic N) is 2. The van der Waals surface area contributed by atoms with Gasteiger partial charge in [-0.25, -0.2) is 0 Å². The lowest BCUT2D eigenvalue weighted by atomic mass is 9.70. The van der Waals surface area contributed by atoms with E-state index in [1.54, 1.807) is 18.2 Å². The molecule has 2 aromatic carbocycles. The van der Waals surface area contributed by atoms with Crippen molar-refractivity contribution in [2.75, 3.05) is 34.9 Å². The zero-order valence-electron chi connectivity index (χ0n) is 22.6. The number of benzene rings is 2. The van der Waals surface area contributed by atoms with Gasteiger partial charge < -0.3 is 29.3 Å². The van der Waals surface area contributed by atoms with E-state index in [9.17, 15) is 15.0 Å². The van der Waals surface area contributed by atoms with Gasteiger partial charge in [0, 0.05) is 35.9 Å². The van der Waals surface area contributed by atoms with E-state index in [1.807, 2.05) is 61.5 Å². The fraction of sp³-hybridized carbons (Fsp3) is 0.419. The van der Waals surface area contributed by atoms with E-state index in [1.165, 1.54) is 14.2 Å².